The Kier molecular flexibility index (Phi) is 4.11. The van der Waals surface area contributed by atoms with Crippen LogP contribution in [0.3, 0.4) is 0 Å². The van der Waals surface area contributed by atoms with Crippen molar-refractivity contribution in [3.63, 3.8) is 0 Å². The maximum Gasteiger partial charge on any atom is 0.309 e. The minimum atomic E-state index is -0.971. The van der Waals surface area contributed by atoms with Crippen LogP contribution in [0.25, 0.3) is 0 Å². The summed E-state index contributed by atoms with van der Waals surface area (Å²) in [6.07, 6.45) is 1.96. The van der Waals surface area contributed by atoms with Crippen LogP contribution in [0.4, 0.5) is 5.69 Å². The molecule has 1 saturated heterocycles. The number of amides is 1. The Hall–Kier alpha value is -1.23. The van der Waals surface area contributed by atoms with Crippen molar-refractivity contribution in [3.05, 3.63) is 38.8 Å². The fourth-order valence-electron chi connectivity index (χ4n) is 3.72. The molecule has 122 valence electrons. The van der Waals surface area contributed by atoms with Gasteiger partial charge >= 0.3 is 5.97 Å². The largest absolute Gasteiger partial charge is 0.481 e. The van der Waals surface area contributed by atoms with E-state index < -0.39 is 23.8 Å². The lowest BCUT2D eigenvalue weighted by atomic mass is 9.74. The smallest absolute Gasteiger partial charge is 0.309 e. The molecule has 2 aliphatic rings. The molecule has 1 N–H and O–H groups in total. The highest BCUT2D eigenvalue weighted by Gasteiger charge is 2.56. The van der Waals surface area contributed by atoms with E-state index in [1.54, 1.807) is 12.1 Å². The van der Waals surface area contributed by atoms with Crippen LogP contribution in [-0.4, -0.2) is 23.0 Å². The molecule has 1 aromatic carbocycles. The SMILES string of the molecule is CC1=CC(C)C2C(=O)N(c3cc(Cl)c(Cl)c(Cl)c3)C1C2C(=O)O. The summed E-state index contributed by atoms with van der Waals surface area (Å²) in [5.74, 6) is -2.70. The van der Waals surface area contributed by atoms with Gasteiger partial charge in [0.1, 0.15) is 0 Å². The number of carboxylic acid groups (broad SMARTS) is 1. The van der Waals surface area contributed by atoms with Crippen LogP contribution in [0, 0.1) is 17.8 Å². The van der Waals surface area contributed by atoms with Crippen LogP contribution in [-0.2, 0) is 9.59 Å². The summed E-state index contributed by atoms with van der Waals surface area (Å²) in [6.45, 7) is 3.71. The van der Waals surface area contributed by atoms with Crippen molar-refractivity contribution in [1.29, 1.82) is 0 Å². The zero-order valence-electron chi connectivity index (χ0n) is 12.4. The molecule has 4 nitrogen and oxygen atoms in total. The molecular weight excluding hydrogens is 361 g/mol. The van der Waals surface area contributed by atoms with Gasteiger partial charge in [0, 0.05) is 5.69 Å². The van der Waals surface area contributed by atoms with Crippen molar-refractivity contribution in [3.8, 4) is 0 Å². The molecule has 0 saturated carbocycles. The lowest BCUT2D eigenvalue weighted by Gasteiger charge is -2.31. The van der Waals surface area contributed by atoms with Crippen molar-refractivity contribution in [2.45, 2.75) is 19.9 Å². The molecule has 0 aromatic heterocycles. The fraction of sp³-hybridized carbons (Fsp3) is 0.375. The molecule has 0 spiro atoms. The first-order chi connectivity index (χ1) is 10.7. The molecule has 7 heteroatoms. The summed E-state index contributed by atoms with van der Waals surface area (Å²) in [6, 6.07) is 2.56. The molecule has 2 bridgehead atoms. The Bertz CT molecular complexity index is 723. The van der Waals surface area contributed by atoms with E-state index in [1.807, 2.05) is 19.9 Å². The number of aliphatic carboxylic acids is 1. The summed E-state index contributed by atoms with van der Waals surface area (Å²) in [5.41, 5.74) is 1.32. The maximum absolute atomic E-state index is 12.9. The number of halogens is 3. The Balaban J connectivity index is 2.16. The third kappa shape index (κ3) is 2.44. The molecule has 1 aromatic rings. The number of carbonyl (C=O) groups is 2. The number of hydrogen-bond donors (Lipinski definition) is 1. The molecule has 3 rings (SSSR count). The van der Waals surface area contributed by atoms with Gasteiger partial charge in [-0.05, 0) is 25.0 Å². The molecular formula is C16H14Cl3NO3. The summed E-state index contributed by atoms with van der Waals surface area (Å²) >= 11 is 18.1. The molecule has 4 atom stereocenters. The minimum Gasteiger partial charge on any atom is -0.481 e. The molecule has 1 amide bonds. The first-order valence-corrected chi connectivity index (χ1v) is 8.26. The van der Waals surface area contributed by atoms with Crippen molar-refractivity contribution in [1.82, 2.24) is 0 Å². The first kappa shape index (κ1) is 16.6. The number of carbonyl (C=O) groups excluding carboxylic acids is 1. The summed E-state index contributed by atoms with van der Waals surface area (Å²) < 4.78 is 0. The second-order valence-electron chi connectivity index (χ2n) is 6.04. The van der Waals surface area contributed by atoms with E-state index in [2.05, 4.69) is 0 Å². The van der Waals surface area contributed by atoms with E-state index in [4.69, 9.17) is 34.8 Å². The number of nitrogens with zero attached hydrogens (tertiary/aromatic N) is 1. The lowest BCUT2D eigenvalue weighted by Crippen LogP contribution is -2.40. The molecule has 23 heavy (non-hydrogen) atoms. The second kappa shape index (κ2) is 5.69. The van der Waals surface area contributed by atoms with E-state index >= 15 is 0 Å². The Morgan fingerprint density at radius 1 is 1.22 bits per heavy atom. The number of carboxylic acids is 1. The van der Waals surface area contributed by atoms with E-state index in [0.29, 0.717) is 5.69 Å². The van der Waals surface area contributed by atoms with Gasteiger partial charge in [0.2, 0.25) is 5.91 Å². The van der Waals surface area contributed by atoms with Gasteiger partial charge in [-0.3, -0.25) is 9.59 Å². The Labute approximate surface area is 148 Å². The van der Waals surface area contributed by atoms with Gasteiger partial charge in [-0.15, -0.1) is 0 Å². The average molecular weight is 375 g/mol. The first-order valence-electron chi connectivity index (χ1n) is 7.12. The third-order valence-electron chi connectivity index (χ3n) is 4.62. The van der Waals surface area contributed by atoms with Gasteiger partial charge < -0.3 is 10.0 Å². The number of fused-ring (bicyclic) bond motifs is 2. The quantitative estimate of drug-likeness (QED) is 0.621. The fourth-order valence-corrected chi connectivity index (χ4v) is 4.31. The number of rotatable bonds is 2. The summed E-state index contributed by atoms with van der Waals surface area (Å²) in [7, 11) is 0. The number of allylic oxidation sites excluding steroid dienone is 1. The highest BCUT2D eigenvalue weighted by atomic mass is 35.5. The topological polar surface area (TPSA) is 57.6 Å². The highest BCUT2D eigenvalue weighted by molar-refractivity contribution is 6.48. The van der Waals surface area contributed by atoms with Gasteiger partial charge in [-0.25, -0.2) is 0 Å². The van der Waals surface area contributed by atoms with Crippen molar-refractivity contribution < 1.29 is 14.7 Å². The predicted molar refractivity (Wildman–Crippen MR) is 90.3 cm³/mol. The molecule has 1 fully saturated rings. The molecule has 1 aliphatic heterocycles. The van der Waals surface area contributed by atoms with Gasteiger partial charge in [0.05, 0.1) is 32.9 Å². The van der Waals surface area contributed by atoms with E-state index in [0.717, 1.165) is 5.57 Å². The number of anilines is 1. The van der Waals surface area contributed by atoms with Gasteiger partial charge in [-0.2, -0.15) is 0 Å². The van der Waals surface area contributed by atoms with Crippen molar-refractivity contribution in [2.75, 3.05) is 4.90 Å². The summed E-state index contributed by atoms with van der Waals surface area (Å²) in [5, 5.41) is 10.3. The van der Waals surface area contributed by atoms with E-state index in [-0.39, 0.29) is 26.9 Å². The predicted octanol–water partition coefficient (Wildman–Crippen LogP) is 4.28. The highest BCUT2D eigenvalue weighted by Crippen LogP contribution is 2.47. The van der Waals surface area contributed by atoms with Crippen LogP contribution in [0.15, 0.2) is 23.8 Å². The zero-order valence-corrected chi connectivity index (χ0v) is 14.7. The van der Waals surface area contributed by atoms with Crippen LogP contribution < -0.4 is 4.90 Å². The molecule has 0 radical (unpaired) electrons. The molecule has 4 unspecified atom stereocenters. The molecule has 1 aliphatic carbocycles. The van der Waals surface area contributed by atoms with Gasteiger partial charge in [0.25, 0.3) is 0 Å². The normalized spacial score (nSPS) is 29.7. The van der Waals surface area contributed by atoms with Crippen LogP contribution >= 0.6 is 34.8 Å². The Morgan fingerprint density at radius 3 is 2.30 bits per heavy atom. The van der Waals surface area contributed by atoms with Crippen LogP contribution in [0.5, 0.6) is 0 Å². The minimum absolute atomic E-state index is 0.136. The van der Waals surface area contributed by atoms with Crippen LogP contribution in [0.2, 0.25) is 15.1 Å². The van der Waals surface area contributed by atoms with Gasteiger partial charge in [-0.1, -0.05) is 53.4 Å². The lowest BCUT2D eigenvalue weighted by molar-refractivity contribution is -0.145. The number of hydrogen-bond acceptors (Lipinski definition) is 2. The van der Waals surface area contributed by atoms with Crippen molar-refractivity contribution in [2.24, 2.45) is 17.8 Å². The van der Waals surface area contributed by atoms with Crippen LogP contribution in [0.1, 0.15) is 13.8 Å². The number of benzene rings is 1. The standard InChI is InChI=1S/C16H14Cl3NO3/c1-6-3-7(2)14-12(16(22)23)11(6)15(21)20(14)8-4-9(17)13(19)10(18)5-8/h3-6,11-12,14H,1-2H3,(H,22,23). The third-order valence-corrected chi connectivity index (χ3v) is 5.82. The second-order valence-corrected chi connectivity index (χ2v) is 7.23. The van der Waals surface area contributed by atoms with Gasteiger partial charge in [0.15, 0.2) is 0 Å². The average Bonchev–Trinajstić information content (AvgIpc) is 2.72. The molecule has 1 heterocycles. The zero-order chi connectivity index (χ0) is 17.0. The van der Waals surface area contributed by atoms with E-state index in [9.17, 15) is 14.7 Å². The van der Waals surface area contributed by atoms with E-state index in [1.165, 1.54) is 4.90 Å². The summed E-state index contributed by atoms with van der Waals surface area (Å²) in [4.78, 5) is 26.1. The maximum atomic E-state index is 12.9. The monoisotopic (exact) mass is 373 g/mol. The van der Waals surface area contributed by atoms with Crippen molar-refractivity contribution >= 4 is 52.4 Å². The Morgan fingerprint density at radius 2 is 1.78 bits per heavy atom.